The summed E-state index contributed by atoms with van der Waals surface area (Å²) in [7, 11) is 0. The molecule has 1 saturated heterocycles. The normalized spacial score (nSPS) is 25.2. The van der Waals surface area contributed by atoms with Crippen molar-refractivity contribution in [1.82, 2.24) is 10.2 Å². The Morgan fingerprint density at radius 3 is 2.32 bits per heavy atom. The summed E-state index contributed by atoms with van der Waals surface area (Å²) in [5.74, 6) is 0.873. The lowest BCUT2D eigenvalue weighted by atomic mass is 9.78. The van der Waals surface area contributed by atoms with Crippen LogP contribution in [0, 0.1) is 19.8 Å². The van der Waals surface area contributed by atoms with Crippen molar-refractivity contribution in [2.75, 3.05) is 6.54 Å². The zero-order valence-corrected chi connectivity index (χ0v) is 19.7. The maximum Gasteiger partial charge on any atom is 0.252 e. The highest BCUT2D eigenvalue weighted by Gasteiger charge is 2.50. The summed E-state index contributed by atoms with van der Waals surface area (Å²) in [5.41, 5.74) is 4.09. The highest BCUT2D eigenvalue weighted by atomic mass is 16.1. The first-order valence-electron chi connectivity index (χ1n) is 12.1. The van der Waals surface area contributed by atoms with Crippen LogP contribution < -0.4 is 5.32 Å². The van der Waals surface area contributed by atoms with Gasteiger partial charge in [-0.2, -0.15) is 0 Å². The molecule has 0 aromatic heterocycles. The fourth-order valence-corrected chi connectivity index (χ4v) is 5.96. The van der Waals surface area contributed by atoms with Gasteiger partial charge in [-0.05, 0) is 75.5 Å². The van der Waals surface area contributed by atoms with Crippen molar-refractivity contribution in [2.24, 2.45) is 5.92 Å². The van der Waals surface area contributed by atoms with Crippen LogP contribution in [0.4, 0.5) is 0 Å². The summed E-state index contributed by atoms with van der Waals surface area (Å²) in [6.45, 7) is 9.93. The van der Waals surface area contributed by atoms with E-state index in [1.165, 1.54) is 31.2 Å². The van der Waals surface area contributed by atoms with Gasteiger partial charge in [0.15, 0.2) is 0 Å². The lowest BCUT2D eigenvalue weighted by Gasteiger charge is -2.48. The molecule has 1 amide bonds. The molecule has 0 bridgehead atoms. The van der Waals surface area contributed by atoms with Gasteiger partial charge in [-0.1, -0.05) is 61.9 Å². The van der Waals surface area contributed by atoms with Crippen molar-refractivity contribution in [3.8, 4) is 0 Å². The van der Waals surface area contributed by atoms with E-state index in [1.807, 2.05) is 32.0 Å². The minimum atomic E-state index is -0.0391. The Morgan fingerprint density at radius 2 is 1.74 bits per heavy atom. The van der Waals surface area contributed by atoms with E-state index in [9.17, 15) is 4.79 Å². The molecule has 0 radical (unpaired) electrons. The Kier molecular flexibility index (Phi) is 6.52. The summed E-state index contributed by atoms with van der Waals surface area (Å²) in [6.07, 6.45) is 7.45. The standard InChI is InChI=1S/C28H38N2O/c1-5-28(18-17-22(4)30(28)19-23-13-10-14-23)26(24-15-7-6-8-16-24)29-27(31)25-20(2)11-9-12-21(25)3/h6-9,11-12,15-16,22-23,26H,5,10,13-14,17-19H2,1-4H3,(H,29,31)/t22?,26-,28?/m1/s1. The smallest absolute Gasteiger partial charge is 0.252 e. The number of benzene rings is 2. The van der Waals surface area contributed by atoms with Crippen molar-refractivity contribution >= 4 is 5.91 Å². The molecule has 1 heterocycles. The molecule has 1 aliphatic heterocycles. The second-order valence-electron chi connectivity index (χ2n) is 9.88. The summed E-state index contributed by atoms with van der Waals surface area (Å²) in [6, 6.07) is 17.3. The SMILES string of the molecule is CCC1([C@H](NC(=O)c2c(C)cccc2C)c2ccccc2)CCC(C)N1CC1CCC1. The third-order valence-electron chi connectivity index (χ3n) is 8.04. The first kappa shape index (κ1) is 22.1. The lowest BCUT2D eigenvalue weighted by molar-refractivity contribution is 0.0317. The van der Waals surface area contributed by atoms with Crippen LogP contribution >= 0.6 is 0 Å². The molecule has 2 fully saturated rings. The molecule has 2 aromatic carbocycles. The van der Waals surface area contributed by atoms with E-state index >= 15 is 0 Å². The summed E-state index contributed by atoms with van der Waals surface area (Å²) < 4.78 is 0. The van der Waals surface area contributed by atoms with Gasteiger partial charge in [-0.15, -0.1) is 0 Å². The molecule has 0 spiro atoms. The van der Waals surface area contributed by atoms with Gasteiger partial charge < -0.3 is 5.32 Å². The summed E-state index contributed by atoms with van der Waals surface area (Å²) in [5, 5.41) is 3.54. The van der Waals surface area contributed by atoms with Crippen LogP contribution in [0.1, 0.15) is 85.5 Å². The maximum absolute atomic E-state index is 13.6. The fraction of sp³-hybridized carbons (Fsp3) is 0.536. The topological polar surface area (TPSA) is 32.3 Å². The minimum Gasteiger partial charge on any atom is -0.343 e. The fourth-order valence-electron chi connectivity index (χ4n) is 5.96. The number of aryl methyl sites for hydroxylation is 2. The van der Waals surface area contributed by atoms with Crippen LogP contribution in [0.15, 0.2) is 48.5 Å². The van der Waals surface area contributed by atoms with Gasteiger partial charge in [-0.25, -0.2) is 0 Å². The lowest BCUT2D eigenvalue weighted by Crippen LogP contribution is -2.57. The second-order valence-corrected chi connectivity index (χ2v) is 9.88. The molecule has 1 N–H and O–H groups in total. The molecular weight excluding hydrogens is 380 g/mol. The number of carbonyl (C=O) groups is 1. The van der Waals surface area contributed by atoms with E-state index in [0.717, 1.165) is 42.0 Å². The quantitative estimate of drug-likeness (QED) is 0.580. The van der Waals surface area contributed by atoms with Gasteiger partial charge in [0.2, 0.25) is 0 Å². The average molecular weight is 419 g/mol. The molecule has 2 aliphatic rings. The zero-order valence-electron chi connectivity index (χ0n) is 19.7. The first-order chi connectivity index (χ1) is 15.0. The number of likely N-dealkylation sites (tertiary alicyclic amines) is 1. The molecule has 3 heteroatoms. The number of nitrogens with one attached hydrogen (secondary N) is 1. The molecule has 3 atom stereocenters. The van der Waals surface area contributed by atoms with Crippen LogP contribution in [0.3, 0.4) is 0 Å². The van der Waals surface area contributed by atoms with Gasteiger partial charge in [0, 0.05) is 23.7 Å². The van der Waals surface area contributed by atoms with Crippen LogP contribution in [0.2, 0.25) is 0 Å². The monoisotopic (exact) mass is 418 g/mol. The van der Waals surface area contributed by atoms with Crippen LogP contribution in [-0.4, -0.2) is 28.9 Å². The molecule has 1 saturated carbocycles. The van der Waals surface area contributed by atoms with Gasteiger partial charge in [0.05, 0.1) is 6.04 Å². The number of hydrogen-bond acceptors (Lipinski definition) is 2. The number of nitrogens with zero attached hydrogens (tertiary/aromatic N) is 1. The molecule has 31 heavy (non-hydrogen) atoms. The van der Waals surface area contributed by atoms with Gasteiger partial charge in [-0.3, -0.25) is 9.69 Å². The van der Waals surface area contributed by atoms with E-state index in [4.69, 9.17) is 0 Å². The highest BCUT2D eigenvalue weighted by Crippen LogP contribution is 2.47. The predicted octanol–water partition coefficient (Wildman–Crippen LogP) is 6.21. The van der Waals surface area contributed by atoms with E-state index in [2.05, 4.69) is 54.4 Å². The van der Waals surface area contributed by atoms with Gasteiger partial charge in [0.1, 0.15) is 0 Å². The van der Waals surface area contributed by atoms with Crippen molar-refractivity contribution in [3.05, 3.63) is 70.8 Å². The number of carbonyl (C=O) groups excluding carboxylic acids is 1. The van der Waals surface area contributed by atoms with E-state index in [1.54, 1.807) is 0 Å². The van der Waals surface area contributed by atoms with E-state index < -0.39 is 0 Å². The molecule has 166 valence electrons. The van der Waals surface area contributed by atoms with E-state index in [0.29, 0.717) is 6.04 Å². The Labute approximate surface area is 188 Å². The summed E-state index contributed by atoms with van der Waals surface area (Å²) >= 11 is 0. The maximum atomic E-state index is 13.6. The largest absolute Gasteiger partial charge is 0.343 e. The molecule has 3 nitrogen and oxygen atoms in total. The molecule has 2 aromatic rings. The number of hydrogen-bond donors (Lipinski definition) is 1. The van der Waals surface area contributed by atoms with Crippen LogP contribution in [0.5, 0.6) is 0 Å². The predicted molar refractivity (Wildman–Crippen MR) is 128 cm³/mol. The number of rotatable bonds is 7. The Morgan fingerprint density at radius 1 is 1.06 bits per heavy atom. The van der Waals surface area contributed by atoms with Gasteiger partial charge >= 0.3 is 0 Å². The summed E-state index contributed by atoms with van der Waals surface area (Å²) in [4.78, 5) is 16.4. The Bertz CT molecular complexity index is 884. The van der Waals surface area contributed by atoms with Crippen LogP contribution in [-0.2, 0) is 0 Å². The van der Waals surface area contributed by atoms with Crippen molar-refractivity contribution in [2.45, 2.75) is 83.8 Å². The van der Waals surface area contributed by atoms with Crippen molar-refractivity contribution in [3.63, 3.8) is 0 Å². The van der Waals surface area contributed by atoms with Gasteiger partial charge in [0.25, 0.3) is 5.91 Å². The Balaban J connectivity index is 1.72. The Hall–Kier alpha value is -2.13. The third kappa shape index (κ3) is 4.17. The molecular formula is C28H38N2O. The first-order valence-corrected chi connectivity index (χ1v) is 12.1. The van der Waals surface area contributed by atoms with Crippen LogP contribution in [0.25, 0.3) is 0 Å². The number of amides is 1. The average Bonchev–Trinajstić information content (AvgIpc) is 3.05. The zero-order chi connectivity index (χ0) is 22.0. The molecule has 4 rings (SSSR count). The highest BCUT2D eigenvalue weighted by molar-refractivity contribution is 5.97. The molecule has 1 aliphatic carbocycles. The van der Waals surface area contributed by atoms with E-state index in [-0.39, 0.29) is 17.5 Å². The molecule has 2 unspecified atom stereocenters. The van der Waals surface area contributed by atoms with Crippen molar-refractivity contribution < 1.29 is 4.79 Å². The third-order valence-corrected chi connectivity index (χ3v) is 8.04. The second kappa shape index (κ2) is 9.16. The minimum absolute atomic E-state index is 0.0183. The van der Waals surface area contributed by atoms with Crippen molar-refractivity contribution in [1.29, 1.82) is 0 Å².